The first kappa shape index (κ1) is 26.7. The quantitative estimate of drug-likeness (QED) is 0.406. The van der Waals surface area contributed by atoms with Crippen LogP contribution in [0.1, 0.15) is 89.0 Å². The highest BCUT2D eigenvalue weighted by Gasteiger charge is 2.48. The molecule has 0 aliphatic carbocycles. The van der Waals surface area contributed by atoms with E-state index in [0.717, 1.165) is 6.42 Å². The van der Waals surface area contributed by atoms with Gasteiger partial charge in [0, 0.05) is 0 Å². The Morgan fingerprint density at radius 2 is 1.43 bits per heavy atom. The Hall–Kier alpha value is -1.31. The average Bonchev–Trinajstić information content (AvgIpc) is 2.49. The molecule has 0 heterocycles. The summed E-state index contributed by atoms with van der Waals surface area (Å²) in [6.07, 6.45) is 9.88. The largest absolute Gasteiger partial charge is 0.481 e. The zero-order valence-electron chi connectivity index (χ0n) is 20.4. The van der Waals surface area contributed by atoms with Crippen molar-refractivity contribution < 1.29 is 9.90 Å². The minimum absolute atomic E-state index is 0.0907. The second kappa shape index (κ2) is 9.46. The van der Waals surface area contributed by atoms with Gasteiger partial charge in [0.2, 0.25) is 0 Å². The maximum absolute atomic E-state index is 12.0. The van der Waals surface area contributed by atoms with E-state index in [1.807, 2.05) is 32.9 Å². The molecule has 2 unspecified atom stereocenters. The molecule has 0 aliphatic heterocycles. The third-order valence-corrected chi connectivity index (χ3v) is 6.65. The Bertz CT molecular complexity index is 589. The predicted octanol–water partition coefficient (Wildman–Crippen LogP) is 7.92. The smallest absolute Gasteiger partial charge is 0.307 e. The molecule has 0 aromatic carbocycles. The summed E-state index contributed by atoms with van der Waals surface area (Å²) in [6.45, 7) is 28.0. The molecule has 0 rings (SSSR count). The van der Waals surface area contributed by atoms with Crippen molar-refractivity contribution in [1.82, 2.24) is 0 Å². The normalized spacial score (nSPS) is 16.9. The molecule has 0 aromatic heterocycles. The number of hydrogen-bond donors (Lipinski definition) is 1. The van der Waals surface area contributed by atoms with Gasteiger partial charge in [0.05, 0.1) is 5.92 Å². The van der Waals surface area contributed by atoms with Crippen LogP contribution in [0, 0.1) is 33.5 Å². The van der Waals surface area contributed by atoms with E-state index in [9.17, 15) is 9.90 Å². The molecule has 0 saturated heterocycles. The van der Waals surface area contributed by atoms with E-state index in [4.69, 9.17) is 0 Å². The molecule has 0 spiro atoms. The number of carboxylic acid groups (broad SMARTS) is 1. The summed E-state index contributed by atoms with van der Waals surface area (Å²) in [4.78, 5) is 12.0. The van der Waals surface area contributed by atoms with Crippen molar-refractivity contribution in [3.8, 4) is 0 Å². The van der Waals surface area contributed by atoms with Gasteiger partial charge >= 0.3 is 5.97 Å². The van der Waals surface area contributed by atoms with Crippen LogP contribution in [-0.2, 0) is 4.79 Å². The van der Waals surface area contributed by atoms with Crippen LogP contribution in [0.15, 0.2) is 36.5 Å². The maximum Gasteiger partial charge on any atom is 0.307 e. The first-order chi connectivity index (χ1) is 12.4. The predicted molar refractivity (Wildman–Crippen MR) is 123 cm³/mol. The van der Waals surface area contributed by atoms with Gasteiger partial charge in [-0.2, -0.15) is 0 Å². The van der Waals surface area contributed by atoms with Crippen LogP contribution in [0.4, 0.5) is 0 Å². The number of rotatable bonds is 9. The summed E-state index contributed by atoms with van der Waals surface area (Å²) in [6, 6.07) is 0. The second-order valence-electron chi connectivity index (χ2n) is 11.8. The number of carboxylic acids is 1. The van der Waals surface area contributed by atoms with Gasteiger partial charge in [0.1, 0.15) is 0 Å². The first-order valence-electron chi connectivity index (χ1n) is 10.6. The molecule has 2 atom stereocenters. The standard InChI is InChI=1S/C26H46O2/c1-13-15-16-19(14-2)20(17-23(3,4)5)26(11,12)25(9,10)18-21(22(27)28)24(6,7)8/h13-16,20-21H,1,17-18H2,2-12H3,(H,27,28)/b16-15-,19-14+. The minimum atomic E-state index is -0.693. The van der Waals surface area contributed by atoms with Crippen LogP contribution in [0.5, 0.6) is 0 Å². The van der Waals surface area contributed by atoms with Crippen molar-refractivity contribution in [2.75, 3.05) is 0 Å². The lowest BCUT2D eigenvalue weighted by Crippen LogP contribution is -2.45. The molecule has 0 radical (unpaired) electrons. The van der Waals surface area contributed by atoms with Gasteiger partial charge in [-0.25, -0.2) is 0 Å². The van der Waals surface area contributed by atoms with E-state index in [1.54, 1.807) is 0 Å². The molecule has 0 aliphatic rings. The van der Waals surface area contributed by atoms with E-state index < -0.39 is 5.97 Å². The number of allylic oxidation sites excluding steroid dienone is 5. The highest BCUT2D eigenvalue weighted by Crippen LogP contribution is 2.55. The molecule has 0 aromatic rings. The molecule has 0 fully saturated rings. The van der Waals surface area contributed by atoms with Gasteiger partial charge in [0.15, 0.2) is 0 Å². The lowest BCUT2D eigenvalue weighted by atomic mass is 9.53. The fourth-order valence-corrected chi connectivity index (χ4v) is 4.00. The molecule has 1 N–H and O–H groups in total. The third-order valence-electron chi connectivity index (χ3n) is 6.65. The highest BCUT2D eigenvalue weighted by molar-refractivity contribution is 5.71. The van der Waals surface area contributed by atoms with E-state index >= 15 is 0 Å². The summed E-state index contributed by atoms with van der Waals surface area (Å²) in [5, 5.41) is 9.90. The Morgan fingerprint density at radius 3 is 1.75 bits per heavy atom. The summed E-state index contributed by atoms with van der Waals surface area (Å²) in [7, 11) is 0. The van der Waals surface area contributed by atoms with E-state index in [1.165, 1.54) is 5.57 Å². The van der Waals surface area contributed by atoms with Crippen molar-refractivity contribution >= 4 is 5.97 Å². The number of carbonyl (C=O) groups is 1. The minimum Gasteiger partial charge on any atom is -0.481 e. The average molecular weight is 391 g/mol. The van der Waals surface area contributed by atoms with E-state index in [2.05, 4.69) is 74.1 Å². The van der Waals surface area contributed by atoms with Gasteiger partial charge < -0.3 is 5.11 Å². The van der Waals surface area contributed by atoms with Crippen LogP contribution >= 0.6 is 0 Å². The zero-order valence-corrected chi connectivity index (χ0v) is 20.4. The monoisotopic (exact) mass is 390 g/mol. The lowest BCUT2D eigenvalue weighted by Gasteiger charge is -2.51. The fraction of sp³-hybridized carbons (Fsp3) is 0.731. The van der Waals surface area contributed by atoms with E-state index in [-0.39, 0.29) is 27.6 Å². The Morgan fingerprint density at radius 1 is 0.929 bits per heavy atom. The molecule has 162 valence electrons. The molecular formula is C26H46O2. The summed E-state index contributed by atoms with van der Waals surface area (Å²) < 4.78 is 0. The molecule has 2 nitrogen and oxygen atoms in total. The van der Waals surface area contributed by atoms with Gasteiger partial charge in [-0.05, 0) is 52.9 Å². The van der Waals surface area contributed by atoms with Gasteiger partial charge in [0.25, 0.3) is 0 Å². The first-order valence-corrected chi connectivity index (χ1v) is 10.6. The topological polar surface area (TPSA) is 37.3 Å². The Balaban J connectivity index is 6.24. The zero-order chi connectivity index (χ0) is 22.6. The Labute approximate surface area is 175 Å². The van der Waals surface area contributed by atoms with Gasteiger partial charge in [-0.15, -0.1) is 0 Å². The van der Waals surface area contributed by atoms with Gasteiger partial charge in [-0.3, -0.25) is 4.79 Å². The number of aliphatic carboxylic acids is 1. The molecule has 0 saturated carbocycles. The molecular weight excluding hydrogens is 344 g/mol. The second-order valence-corrected chi connectivity index (χ2v) is 11.8. The number of hydrogen-bond acceptors (Lipinski definition) is 1. The van der Waals surface area contributed by atoms with Crippen molar-refractivity contribution in [1.29, 1.82) is 0 Å². The molecule has 0 bridgehead atoms. The van der Waals surface area contributed by atoms with Crippen molar-refractivity contribution in [3.63, 3.8) is 0 Å². The van der Waals surface area contributed by atoms with Crippen LogP contribution in [0.3, 0.4) is 0 Å². The maximum atomic E-state index is 12.0. The van der Waals surface area contributed by atoms with Crippen LogP contribution < -0.4 is 0 Å². The fourth-order valence-electron chi connectivity index (χ4n) is 4.00. The SMILES string of the molecule is C=C/C=C\C(=C/C)C(CC(C)(C)C)C(C)(C)C(C)(C)CC(C(=O)O)C(C)(C)C. The lowest BCUT2D eigenvalue weighted by molar-refractivity contribution is -0.148. The van der Waals surface area contributed by atoms with Crippen molar-refractivity contribution in [2.24, 2.45) is 33.5 Å². The Kier molecular flexibility index (Phi) is 9.02. The van der Waals surface area contributed by atoms with Crippen LogP contribution in [-0.4, -0.2) is 11.1 Å². The van der Waals surface area contributed by atoms with E-state index in [0.29, 0.717) is 12.3 Å². The van der Waals surface area contributed by atoms with Crippen molar-refractivity contribution in [2.45, 2.75) is 89.0 Å². The third kappa shape index (κ3) is 7.26. The molecule has 2 heteroatoms. The highest BCUT2D eigenvalue weighted by atomic mass is 16.4. The summed E-state index contributed by atoms with van der Waals surface area (Å²) in [5.74, 6) is -0.755. The van der Waals surface area contributed by atoms with Gasteiger partial charge in [-0.1, -0.05) is 100 Å². The molecule has 0 amide bonds. The van der Waals surface area contributed by atoms with Crippen LogP contribution in [0.2, 0.25) is 0 Å². The summed E-state index contributed by atoms with van der Waals surface area (Å²) in [5.41, 5.74) is 0.952. The van der Waals surface area contributed by atoms with Crippen LogP contribution in [0.25, 0.3) is 0 Å². The molecule has 28 heavy (non-hydrogen) atoms. The summed E-state index contributed by atoms with van der Waals surface area (Å²) >= 11 is 0. The van der Waals surface area contributed by atoms with Crippen molar-refractivity contribution in [3.05, 3.63) is 36.5 Å².